The van der Waals surface area contributed by atoms with Crippen molar-refractivity contribution in [2.45, 2.75) is 19.4 Å². The zero-order valence-electron chi connectivity index (χ0n) is 16.9. The van der Waals surface area contributed by atoms with Crippen LogP contribution in [0.4, 0.5) is 25.0 Å². The Morgan fingerprint density at radius 3 is 1.87 bits per heavy atom. The summed E-state index contributed by atoms with van der Waals surface area (Å²) in [5, 5.41) is 0. The fourth-order valence-electron chi connectivity index (χ4n) is 3.52. The fourth-order valence-corrected chi connectivity index (χ4v) is 3.52. The lowest BCUT2D eigenvalue weighted by molar-refractivity contribution is -0.120. The molecule has 0 aromatic heterocycles. The first-order chi connectivity index (χ1) is 14.8. The van der Waals surface area contributed by atoms with Crippen molar-refractivity contribution >= 4 is 23.3 Å². The van der Waals surface area contributed by atoms with Crippen LogP contribution in [0, 0.1) is 23.5 Å². The van der Waals surface area contributed by atoms with E-state index in [9.17, 15) is 18.4 Å². The molecule has 0 unspecified atom stereocenters. The van der Waals surface area contributed by atoms with Crippen LogP contribution in [0.2, 0.25) is 0 Å². The highest BCUT2D eigenvalue weighted by molar-refractivity contribution is 6.30. The Morgan fingerprint density at radius 1 is 0.774 bits per heavy atom. The molecule has 1 fully saturated rings. The van der Waals surface area contributed by atoms with Crippen molar-refractivity contribution in [1.82, 2.24) is 0 Å². The number of carbonyl (C=O) groups is 2. The fraction of sp³-hybridized carbons (Fsp3) is 0.120. The molecule has 0 spiro atoms. The predicted molar refractivity (Wildman–Crippen MR) is 115 cm³/mol. The molecule has 1 aliphatic rings. The molecular weight excluding hydrogens is 398 g/mol. The summed E-state index contributed by atoms with van der Waals surface area (Å²) in [6.45, 7) is 3.07. The summed E-state index contributed by atoms with van der Waals surface area (Å²) in [6.07, 6.45) is 0. The number of nitrogens with zero attached hydrogens (tertiary/aromatic N) is 2. The van der Waals surface area contributed by atoms with Crippen LogP contribution in [0.1, 0.15) is 25.0 Å². The zero-order valence-corrected chi connectivity index (χ0v) is 16.9. The molecule has 154 valence electrons. The molecule has 0 atom stereocenters. The van der Waals surface area contributed by atoms with Crippen molar-refractivity contribution in [1.29, 1.82) is 0 Å². The maximum Gasteiger partial charge on any atom is 0.337 e. The Kier molecular flexibility index (Phi) is 5.04. The van der Waals surface area contributed by atoms with Crippen LogP contribution in [-0.4, -0.2) is 17.5 Å². The van der Waals surface area contributed by atoms with Crippen LogP contribution in [0.3, 0.4) is 0 Å². The lowest BCUT2D eigenvalue weighted by atomic mass is 10.0. The van der Waals surface area contributed by atoms with Gasteiger partial charge in [0.05, 0.1) is 0 Å². The van der Waals surface area contributed by atoms with E-state index in [2.05, 4.69) is 11.8 Å². The molecule has 0 saturated carbocycles. The summed E-state index contributed by atoms with van der Waals surface area (Å²) < 4.78 is 29.9. The van der Waals surface area contributed by atoms with E-state index >= 15 is 0 Å². The van der Waals surface area contributed by atoms with Gasteiger partial charge in [-0.15, -0.1) is 0 Å². The average Bonchev–Trinajstić information content (AvgIpc) is 2.92. The normalized spacial score (nSPS) is 15.1. The average molecular weight is 416 g/mol. The van der Waals surface area contributed by atoms with Crippen molar-refractivity contribution in [3.8, 4) is 11.8 Å². The van der Waals surface area contributed by atoms with Gasteiger partial charge < -0.3 is 0 Å². The number of urea groups is 1. The Labute approximate surface area is 178 Å². The molecule has 3 aromatic rings. The number of carbonyl (C=O) groups excluding carboxylic acids is 2. The van der Waals surface area contributed by atoms with E-state index in [0.29, 0.717) is 16.2 Å². The van der Waals surface area contributed by atoms with Gasteiger partial charge >= 0.3 is 6.03 Å². The van der Waals surface area contributed by atoms with E-state index in [1.165, 1.54) is 18.7 Å². The standard InChI is InChI=1S/C25H18F2N2O2/c1-25(2)23(30)28(24(31)29(25)19-11-7-4-8-12-19)22-20(26)15-18(16-21(22)27)14-13-17-9-5-3-6-10-17/h3-12,15-16H,1-2H3. The van der Waals surface area contributed by atoms with Crippen LogP contribution in [0.15, 0.2) is 72.8 Å². The van der Waals surface area contributed by atoms with Gasteiger partial charge in [0.25, 0.3) is 5.91 Å². The molecule has 3 aromatic carbocycles. The molecule has 1 aliphatic heterocycles. The summed E-state index contributed by atoms with van der Waals surface area (Å²) in [4.78, 5) is 27.9. The minimum absolute atomic E-state index is 0.0980. The third-order valence-corrected chi connectivity index (χ3v) is 5.05. The smallest absolute Gasteiger partial charge is 0.279 e. The molecule has 0 radical (unpaired) electrons. The van der Waals surface area contributed by atoms with E-state index in [1.807, 2.05) is 6.07 Å². The second-order valence-corrected chi connectivity index (χ2v) is 7.56. The number of para-hydroxylation sites is 1. The van der Waals surface area contributed by atoms with Crippen LogP contribution in [0.25, 0.3) is 0 Å². The Morgan fingerprint density at radius 2 is 1.29 bits per heavy atom. The van der Waals surface area contributed by atoms with E-state index in [0.717, 1.165) is 12.1 Å². The van der Waals surface area contributed by atoms with E-state index in [1.54, 1.807) is 54.6 Å². The molecular formula is C25H18F2N2O2. The van der Waals surface area contributed by atoms with Crippen molar-refractivity contribution in [3.05, 3.63) is 95.6 Å². The number of benzene rings is 3. The SMILES string of the molecule is CC1(C)C(=O)N(c2c(F)cc(C#Cc3ccccc3)cc2F)C(=O)N1c1ccccc1. The van der Waals surface area contributed by atoms with Gasteiger partial charge in [-0.3, -0.25) is 9.69 Å². The van der Waals surface area contributed by atoms with Gasteiger partial charge in [0.1, 0.15) is 11.2 Å². The minimum Gasteiger partial charge on any atom is -0.279 e. The highest BCUT2D eigenvalue weighted by Gasteiger charge is 2.53. The van der Waals surface area contributed by atoms with Gasteiger partial charge in [0.2, 0.25) is 0 Å². The largest absolute Gasteiger partial charge is 0.337 e. The number of hydrogen-bond donors (Lipinski definition) is 0. The number of imide groups is 1. The molecule has 31 heavy (non-hydrogen) atoms. The maximum absolute atomic E-state index is 14.9. The molecule has 4 nitrogen and oxygen atoms in total. The Hall–Kier alpha value is -3.98. The van der Waals surface area contributed by atoms with Crippen LogP contribution in [-0.2, 0) is 4.79 Å². The van der Waals surface area contributed by atoms with E-state index in [-0.39, 0.29) is 5.56 Å². The van der Waals surface area contributed by atoms with Crippen molar-refractivity contribution in [3.63, 3.8) is 0 Å². The quantitative estimate of drug-likeness (QED) is 0.430. The molecule has 0 N–H and O–H groups in total. The van der Waals surface area contributed by atoms with E-state index in [4.69, 9.17) is 0 Å². The summed E-state index contributed by atoms with van der Waals surface area (Å²) >= 11 is 0. The number of halogens is 2. The van der Waals surface area contributed by atoms with Gasteiger partial charge in [-0.1, -0.05) is 48.2 Å². The second kappa shape index (κ2) is 7.69. The van der Waals surface area contributed by atoms with Gasteiger partial charge in [-0.05, 0) is 50.2 Å². The van der Waals surface area contributed by atoms with Crippen molar-refractivity contribution in [2.24, 2.45) is 0 Å². The van der Waals surface area contributed by atoms with E-state index < -0.39 is 34.8 Å². The first-order valence-corrected chi connectivity index (χ1v) is 9.60. The highest BCUT2D eigenvalue weighted by atomic mass is 19.1. The van der Waals surface area contributed by atoms with Crippen LogP contribution in [0.5, 0.6) is 0 Å². The monoisotopic (exact) mass is 416 g/mol. The third kappa shape index (κ3) is 3.55. The van der Waals surface area contributed by atoms with Gasteiger partial charge in [0.15, 0.2) is 11.6 Å². The number of amides is 3. The Balaban J connectivity index is 1.74. The molecule has 3 amide bonds. The molecule has 1 heterocycles. The van der Waals surface area contributed by atoms with Crippen molar-refractivity contribution < 1.29 is 18.4 Å². The molecule has 4 rings (SSSR count). The predicted octanol–water partition coefficient (Wildman–Crippen LogP) is 5.12. The minimum atomic E-state index is -1.32. The zero-order chi connectivity index (χ0) is 22.2. The number of rotatable bonds is 2. The lowest BCUT2D eigenvalue weighted by Gasteiger charge is -2.27. The summed E-state index contributed by atoms with van der Waals surface area (Å²) in [5.74, 6) is 2.73. The van der Waals surface area contributed by atoms with Gasteiger partial charge in [0, 0.05) is 16.8 Å². The second-order valence-electron chi connectivity index (χ2n) is 7.56. The van der Waals surface area contributed by atoms with Gasteiger partial charge in [-0.25, -0.2) is 18.5 Å². The first kappa shape index (κ1) is 20.3. The maximum atomic E-state index is 14.9. The van der Waals surface area contributed by atoms with Crippen LogP contribution >= 0.6 is 0 Å². The molecule has 0 bridgehead atoms. The molecule has 6 heteroatoms. The summed E-state index contributed by atoms with van der Waals surface area (Å²) in [7, 11) is 0. The lowest BCUT2D eigenvalue weighted by Crippen LogP contribution is -2.44. The van der Waals surface area contributed by atoms with Crippen molar-refractivity contribution in [2.75, 3.05) is 9.80 Å². The van der Waals surface area contributed by atoms with Crippen LogP contribution < -0.4 is 9.80 Å². The summed E-state index contributed by atoms with van der Waals surface area (Å²) in [6, 6.07) is 18.7. The molecule has 1 saturated heterocycles. The molecule has 0 aliphatic carbocycles. The number of hydrogen-bond acceptors (Lipinski definition) is 2. The summed E-state index contributed by atoms with van der Waals surface area (Å²) in [5.41, 5.74) is -0.770. The third-order valence-electron chi connectivity index (χ3n) is 5.05. The number of anilines is 2. The first-order valence-electron chi connectivity index (χ1n) is 9.60. The van der Waals surface area contributed by atoms with Gasteiger partial charge in [-0.2, -0.15) is 0 Å². The highest BCUT2D eigenvalue weighted by Crippen LogP contribution is 2.38. The Bertz CT molecular complexity index is 1210. The topological polar surface area (TPSA) is 40.6 Å².